The summed E-state index contributed by atoms with van der Waals surface area (Å²) in [6.07, 6.45) is 4.81. The maximum atomic E-state index is 6.22. The highest BCUT2D eigenvalue weighted by molar-refractivity contribution is 9.10. The van der Waals surface area contributed by atoms with Crippen molar-refractivity contribution in [2.45, 2.75) is 6.61 Å². The first-order valence-electron chi connectivity index (χ1n) is 9.48. The molecule has 0 atom stereocenters. The van der Waals surface area contributed by atoms with E-state index in [0.717, 1.165) is 21.3 Å². The lowest BCUT2D eigenvalue weighted by molar-refractivity contribution is 0.0649. The van der Waals surface area contributed by atoms with Gasteiger partial charge in [-0.05, 0) is 66.2 Å². The molecule has 4 rings (SSSR count). The molecule has 0 amide bonds. The van der Waals surface area contributed by atoms with Crippen molar-refractivity contribution in [1.82, 2.24) is 20.2 Å². The molecular weight excluding hydrogens is 515 g/mol. The number of hydrogen-bond acceptors (Lipinski definition) is 5. The molecule has 0 unspecified atom stereocenters. The first-order chi connectivity index (χ1) is 15.6. The second-order valence-electron chi connectivity index (χ2n) is 6.63. The van der Waals surface area contributed by atoms with E-state index in [4.69, 9.17) is 32.8 Å². The van der Waals surface area contributed by atoms with E-state index < -0.39 is 0 Å². The number of nitrogens with one attached hydrogen (secondary N) is 1. The van der Waals surface area contributed by atoms with Gasteiger partial charge in [0.05, 0.1) is 11.9 Å². The quantitative estimate of drug-likeness (QED) is 0.253. The highest BCUT2D eigenvalue weighted by atomic mass is 79.9. The Morgan fingerprint density at radius 1 is 1.00 bits per heavy atom. The summed E-state index contributed by atoms with van der Waals surface area (Å²) in [6.45, 7) is 0.245. The molecule has 0 fully saturated rings. The van der Waals surface area contributed by atoms with Crippen LogP contribution in [0.2, 0.25) is 10.0 Å². The first kappa shape index (κ1) is 22.4. The number of ether oxygens (including phenoxy) is 1. The van der Waals surface area contributed by atoms with Crippen molar-refractivity contribution in [2.75, 3.05) is 0 Å². The van der Waals surface area contributed by atoms with Crippen molar-refractivity contribution in [1.29, 1.82) is 0 Å². The molecule has 1 aromatic heterocycles. The van der Waals surface area contributed by atoms with Crippen molar-refractivity contribution in [2.24, 2.45) is 0 Å². The molecule has 4 aromatic rings. The highest BCUT2D eigenvalue weighted by Crippen LogP contribution is 2.25. The predicted molar refractivity (Wildman–Crippen MR) is 129 cm³/mol. The zero-order valence-corrected chi connectivity index (χ0v) is 19.7. The second-order valence-corrected chi connectivity index (χ2v) is 8.38. The maximum Gasteiger partial charge on any atom is 0.138 e. The van der Waals surface area contributed by atoms with Crippen molar-refractivity contribution >= 4 is 51.0 Å². The third kappa shape index (κ3) is 6.11. The van der Waals surface area contributed by atoms with Crippen LogP contribution < -0.4 is 10.2 Å². The number of benzene rings is 3. The molecule has 0 radical (unpaired) electrons. The average Bonchev–Trinajstić information content (AvgIpc) is 3.30. The molecule has 6 nitrogen and oxygen atoms in total. The number of rotatable bonds is 8. The fourth-order valence-electron chi connectivity index (χ4n) is 2.75. The zero-order chi connectivity index (χ0) is 22.3. The van der Waals surface area contributed by atoms with Crippen molar-refractivity contribution in [3.8, 4) is 11.5 Å². The van der Waals surface area contributed by atoms with Crippen LogP contribution in [0.25, 0.3) is 11.9 Å². The minimum atomic E-state index is 0.245. The summed E-state index contributed by atoms with van der Waals surface area (Å²) in [5.41, 5.74) is 5.33. The van der Waals surface area contributed by atoms with Gasteiger partial charge in [-0.25, -0.2) is 9.67 Å². The topological polar surface area (TPSA) is 61.2 Å². The Hall–Kier alpha value is -2.84. The lowest BCUT2D eigenvalue weighted by atomic mass is 10.1. The van der Waals surface area contributed by atoms with Gasteiger partial charge in [0.15, 0.2) is 0 Å². The molecule has 1 heterocycles. The van der Waals surface area contributed by atoms with Crippen LogP contribution in [-0.4, -0.2) is 14.8 Å². The van der Waals surface area contributed by atoms with Crippen LogP contribution in [0.3, 0.4) is 0 Å². The Labute approximate surface area is 203 Å². The van der Waals surface area contributed by atoms with E-state index >= 15 is 0 Å². The van der Waals surface area contributed by atoms with E-state index in [-0.39, 0.29) is 6.61 Å². The molecule has 32 heavy (non-hydrogen) atoms. The van der Waals surface area contributed by atoms with E-state index in [0.29, 0.717) is 21.5 Å². The van der Waals surface area contributed by atoms with Crippen LogP contribution in [0.5, 0.6) is 11.5 Å². The van der Waals surface area contributed by atoms with Crippen molar-refractivity contribution < 1.29 is 9.57 Å². The van der Waals surface area contributed by atoms with Crippen LogP contribution in [0.15, 0.2) is 83.9 Å². The van der Waals surface area contributed by atoms with Crippen LogP contribution in [-0.2, 0) is 11.4 Å². The number of hydrogen-bond donors (Lipinski definition) is 1. The second kappa shape index (κ2) is 10.7. The lowest BCUT2D eigenvalue weighted by Crippen LogP contribution is -2.14. The summed E-state index contributed by atoms with van der Waals surface area (Å²) >= 11 is 15.6. The van der Waals surface area contributed by atoms with E-state index in [9.17, 15) is 0 Å². The molecule has 3 aromatic carbocycles. The number of aromatic nitrogens is 3. The first-order valence-corrected chi connectivity index (χ1v) is 11.0. The maximum absolute atomic E-state index is 6.22. The van der Waals surface area contributed by atoms with Gasteiger partial charge in [-0.3, -0.25) is 10.3 Å². The molecule has 162 valence electrons. The molecule has 9 heteroatoms. The Morgan fingerprint density at radius 3 is 2.38 bits per heavy atom. The Kier molecular flexibility index (Phi) is 7.44. The number of nitrogens with zero attached hydrogens (tertiary/aromatic N) is 3. The molecule has 0 saturated carbocycles. The van der Waals surface area contributed by atoms with Gasteiger partial charge in [-0.1, -0.05) is 45.2 Å². The fourth-order valence-corrected chi connectivity index (χ4v) is 3.48. The molecule has 1 N–H and O–H groups in total. The Morgan fingerprint density at radius 2 is 1.72 bits per heavy atom. The van der Waals surface area contributed by atoms with Gasteiger partial charge in [0.25, 0.3) is 0 Å². The molecule has 0 aliphatic carbocycles. The van der Waals surface area contributed by atoms with E-state index in [1.807, 2.05) is 54.6 Å². The fraction of sp³-hybridized carbons (Fsp3) is 0.0435. The molecular formula is C23H17BrCl2N4O2. The predicted octanol–water partition coefficient (Wildman–Crippen LogP) is 6.82. The van der Waals surface area contributed by atoms with Crippen LogP contribution in [0.1, 0.15) is 11.1 Å². The van der Waals surface area contributed by atoms with Crippen LogP contribution in [0.4, 0.5) is 0 Å². The standard InChI is InChI=1S/C23H17BrCl2N4O2/c24-18-4-9-21(10-5-18)32-20-7-2-16(3-8-20)23(12-30-15-27-14-28-30)29-31-13-17-1-6-19(25)11-22(17)26/h1-12,14-15,29H,13H2. The largest absolute Gasteiger partial charge is 0.457 e. The third-order valence-electron chi connectivity index (χ3n) is 4.34. The van der Waals surface area contributed by atoms with Gasteiger partial charge < -0.3 is 4.74 Å². The lowest BCUT2D eigenvalue weighted by Gasteiger charge is -2.13. The number of halogens is 3. The summed E-state index contributed by atoms with van der Waals surface area (Å²) in [6, 6.07) is 20.5. The average molecular weight is 532 g/mol. The van der Waals surface area contributed by atoms with Gasteiger partial charge in [0, 0.05) is 20.1 Å². The minimum absolute atomic E-state index is 0.245. The smallest absolute Gasteiger partial charge is 0.138 e. The summed E-state index contributed by atoms with van der Waals surface area (Å²) in [5.74, 6) is 1.46. The van der Waals surface area contributed by atoms with Crippen LogP contribution >= 0.6 is 39.1 Å². The number of hydroxylamine groups is 1. The monoisotopic (exact) mass is 530 g/mol. The van der Waals surface area contributed by atoms with E-state index in [1.165, 1.54) is 6.33 Å². The Bertz CT molecular complexity index is 1200. The molecule has 0 spiro atoms. The summed E-state index contributed by atoms with van der Waals surface area (Å²) in [5, 5.41) is 5.23. The molecule has 0 aliphatic rings. The highest BCUT2D eigenvalue weighted by Gasteiger charge is 2.07. The molecule has 0 aliphatic heterocycles. The van der Waals surface area contributed by atoms with Gasteiger partial charge >= 0.3 is 0 Å². The van der Waals surface area contributed by atoms with E-state index in [2.05, 4.69) is 31.5 Å². The summed E-state index contributed by atoms with van der Waals surface area (Å²) in [4.78, 5) is 9.67. The third-order valence-corrected chi connectivity index (χ3v) is 5.45. The van der Waals surface area contributed by atoms with Crippen molar-refractivity contribution in [3.05, 3.63) is 105 Å². The van der Waals surface area contributed by atoms with Gasteiger partial charge in [0.1, 0.15) is 30.8 Å². The summed E-state index contributed by atoms with van der Waals surface area (Å²) in [7, 11) is 0. The van der Waals surface area contributed by atoms with Crippen LogP contribution in [0, 0.1) is 0 Å². The van der Waals surface area contributed by atoms with Gasteiger partial charge in [-0.15, -0.1) is 0 Å². The molecule has 0 saturated heterocycles. The van der Waals surface area contributed by atoms with Gasteiger partial charge in [0.2, 0.25) is 0 Å². The molecule has 0 bridgehead atoms. The SMILES string of the molecule is Clc1ccc(CONC(=Cn2cncn2)c2ccc(Oc3ccc(Br)cc3)cc2)c(Cl)c1. The normalized spacial score (nSPS) is 11.4. The van der Waals surface area contributed by atoms with Gasteiger partial charge in [-0.2, -0.15) is 5.10 Å². The minimum Gasteiger partial charge on any atom is -0.457 e. The van der Waals surface area contributed by atoms with Crippen molar-refractivity contribution in [3.63, 3.8) is 0 Å². The zero-order valence-electron chi connectivity index (χ0n) is 16.6. The van der Waals surface area contributed by atoms with E-state index in [1.54, 1.807) is 29.3 Å². The summed E-state index contributed by atoms with van der Waals surface area (Å²) < 4.78 is 8.46. The Balaban J connectivity index is 1.48.